The Morgan fingerprint density at radius 1 is 1.18 bits per heavy atom. The summed E-state index contributed by atoms with van der Waals surface area (Å²) in [4.78, 5) is 26.5. The van der Waals surface area contributed by atoms with Crippen molar-refractivity contribution in [2.75, 3.05) is 32.2 Å². The number of hydrogen-bond donors (Lipinski definition) is 1. The van der Waals surface area contributed by atoms with E-state index in [0.29, 0.717) is 50.8 Å². The lowest BCUT2D eigenvalue weighted by Gasteiger charge is -2.34. The SMILES string of the molecule is COCCN(C(=O)CCCOc1cccc2c1NC(=O)CC2)C1CCCCC1. The van der Waals surface area contributed by atoms with Crippen LogP contribution in [0.1, 0.15) is 56.9 Å². The van der Waals surface area contributed by atoms with E-state index < -0.39 is 0 Å². The summed E-state index contributed by atoms with van der Waals surface area (Å²) in [5, 5.41) is 2.91. The minimum atomic E-state index is 0.0278. The number of rotatable bonds is 9. The van der Waals surface area contributed by atoms with E-state index in [1.165, 1.54) is 19.3 Å². The minimum Gasteiger partial charge on any atom is -0.491 e. The Balaban J connectivity index is 1.49. The molecule has 28 heavy (non-hydrogen) atoms. The lowest BCUT2D eigenvalue weighted by atomic mass is 9.94. The van der Waals surface area contributed by atoms with Gasteiger partial charge in [-0.15, -0.1) is 0 Å². The predicted molar refractivity (Wildman–Crippen MR) is 109 cm³/mol. The number of methoxy groups -OCH3 is 1. The van der Waals surface area contributed by atoms with Gasteiger partial charge in [0.15, 0.2) is 0 Å². The third-order valence-corrected chi connectivity index (χ3v) is 5.66. The Kier molecular flexibility index (Phi) is 7.71. The van der Waals surface area contributed by atoms with Crippen LogP contribution in [0.25, 0.3) is 0 Å². The van der Waals surface area contributed by atoms with Crippen molar-refractivity contribution in [1.82, 2.24) is 4.90 Å². The van der Waals surface area contributed by atoms with Crippen LogP contribution in [0.15, 0.2) is 18.2 Å². The molecule has 1 aromatic rings. The number of aryl methyl sites for hydroxylation is 1. The summed E-state index contributed by atoms with van der Waals surface area (Å²) in [7, 11) is 1.68. The molecule has 0 unspecified atom stereocenters. The highest BCUT2D eigenvalue weighted by Gasteiger charge is 2.25. The molecule has 1 saturated carbocycles. The largest absolute Gasteiger partial charge is 0.491 e. The van der Waals surface area contributed by atoms with Crippen LogP contribution >= 0.6 is 0 Å². The Labute approximate surface area is 167 Å². The summed E-state index contributed by atoms with van der Waals surface area (Å²) in [5.74, 6) is 0.914. The van der Waals surface area contributed by atoms with E-state index in [1.807, 2.05) is 23.1 Å². The summed E-state index contributed by atoms with van der Waals surface area (Å²) in [6.45, 7) is 1.70. The molecule has 1 aliphatic carbocycles. The Morgan fingerprint density at radius 2 is 2.00 bits per heavy atom. The second kappa shape index (κ2) is 10.5. The predicted octanol–water partition coefficient (Wildman–Crippen LogP) is 3.54. The third kappa shape index (κ3) is 5.47. The van der Waals surface area contributed by atoms with E-state index in [1.54, 1.807) is 7.11 Å². The van der Waals surface area contributed by atoms with Crippen LogP contribution in [-0.2, 0) is 20.7 Å². The van der Waals surface area contributed by atoms with Crippen molar-refractivity contribution in [2.24, 2.45) is 0 Å². The smallest absolute Gasteiger partial charge is 0.224 e. The number of nitrogens with zero attached hydrogens (tertiary/aromatic N) is 1. The number of benzene rings is 1. The highest BCUT2D eigenvalue weighted by Crippen LogP contribution is 2.32. The lowest BCUT2D eigenvalue weighted by molar-refractivity contribution is -0.135. The van der Waals surface area contributed by atoms with Crippen LogP contribution in [-0.4, -0.2) is 49.6 Å². The minimum absolute atomic E-state index is 0.0278. The molecule has 0 spiro atoms. The van der Waals surface area contributed by atoms with E-state index >= 15 is 0 Å². The number of para-hydroxylation sites is 1. The zero-order chi connectivity index (χ0) is 19.8. The number of amides is 2. The van der Waals surface area contributed by atoms with Crippen molar-refractivity contribution in [3.63, 3.8) is 0 Å². The van der Waals surface area contributed by atoms with Gasteiger partial charge < -0.3 is 19.7 Å². The molecule has 1 N–H and O–H groups in total. The second-order valence-electron chi connectivity index (χ2n) is 7.66. The fourth-order valence-corrected chi connectivity index (χ4v) is 4.14. The highest BCUT2D eigenvalue weighted by molar-refractivity contribution is 5.95. The first-order chi connectivity index (χ1) is 13.7. The average molecular weight is 389 g/mol. The molecule has 1 heterocycles. The van der Waals surface area contributed by atoms with Gasteiger partial charge in [-0.3, -0.25) is 9.59 Å². The number of anilines is 1. The lowest BCUT2D eigenvalue weighted by Crippen LogP contribution is -2.43. The summed E-state index contributed by atoms with van der Waals surface area (Å²) >= 11 is 0. The molecule has 6 nitrogen and oxygen atoms in total. The van der Waals surface area contributed by atoms with Crippen molar-refractivity contribution in [1.29, 1.82) is 0 Å². The molecule has 154 valence electrons. The van der Waals surface area contributed by atoms with Crippen LogP contribution in [0, 0.1) is 0 Å². The maximum absolute atomic E-state index is 12.8. The van der Waals surface area contributed by atoms with E-state index in [-0.39, 0.29) is 11.8 Å². The van der Waals surface area contributed by atoms with Gasteiger partial charge in [0.2, 0.25) is 11.8 Å². The number of nitrogens with one attached hydrogen (secondary N) is 1. The zero-order valence-electron chi connectivity index (χ0n) is 16.9. The Hall–Kier alpha value is -2.08. The maximum Gasteiger partial charge on any atom is 0.224 e. The van der Waals surface area contributed by atoms with E-state index in [4.69, 9.17) is 9.47 Å². The van der Waals surface area contributed by atoms with Gasteiger partial charge in [0.25, 0.3) is 0 Å². The van der Waals surface area contributed by atoms with Crippen molar-refractivity contribution >= 4 is 17.5 Å². The standard InChI is InChI=1S/C22H32N2O4/c1-27-16-14-24(18-8-3-2-4-9-18)21(26)11-6-15-28-19-10-5-7-17-12-13-20(25)23-22(17)19/h5,7,10,18H,2-4,6,8-9,11-16H2,1H3,(H,23,25). The average Bonchev–Trinajstić information content (AvgIpc) is 2.72. The Bertz CT molecular complexity index is 671. The second-order valence-corrected chi connectivity index (χ2v) is 7.66. The van der Waals surface area contributed by atoms with Crippen molar-refractivity contribution in [3.8, 4) is 5.75 Å². The Morgan fingerprint density at radius 3 is 2.79 bits per heavy atom. The summed E-state index contributed by atoms with van der Waals surface area (Å²) < 4.78 is 11.1. The first kappa shape index (κ1) is 20.6. The van der Waals surface area contributed by atoms with Gasteiger partial charge in [0, 0.05) is 32.5 Å². The monoisotopic (exact) mass is 388 g/mol. The molecule has 1 aromatic carbocycles. The summed E-state index contributed by atoms with van der Waals surface area (Å²) in [6, 6.07) is 6.20. The van der Waals surface area contributed by atoms with Crippen LogP contribution in [0.4, 0.5) is 5.69 Å². The van der Waals surface area contributed by atoms with Crippen LogP contribution < -0.4 is 10.1 Å². The third-order valence-electron chi connectivity index (χ3n) is 5.66. The molecule has 0 bridgehead atoms. The number of carbonyl (C=O) groups excluding carboxylic acids is 2. The molecule has 1 fully saturated rings. The molecule has 6 heteroatoms. The zero-order valence-corrected chi connectivity index (χ0v) is 16.9. The maximum atomic E-state index is 12.8. The first-order valence-electron chi connectivity index (χ1n) is 10.5. The first-order valence-corrected chi connectivity index (χ1v) is 10.5. The molecule has 0 atom stereocenters. The van der Waals surface area contributed by atoms with Gasteiger partial charge in [0.1, 0.15) is 5.75 Å². The molecule has 0 saturated heterocycles. The van der Waals surface area contributed by atoms with Crippen molar-refractivity contribution in [3.05, 3.63) is 23.8 Å². The van der Waals surface area contributed by atoms with Crippen LogP contribution in [0.2, 0.25) is 0 Å². The van der Waals surface area contributed by atoms with Gasteiger partial charge in [-0.2, -0.15) is 0 Å². The molecule has 0 radical (unpaired) electrons. The molecule has 2 amide bonds. The number of hydrogen-bond acceptors (Lipinski definition) is 4. The normalized spacial score (nSPS) is 17.0. The molecule has 1 aliphatic heterocycles. The summed E-state index contributed by atoms with van der Waals surface area (Å²) in [5.41, 5.74) is 1.89. The van der Waals surface area contributed by atoms with Gasteiger partial charge in [0.05, 0.1) is 18.9 Å². The number of fused-ring (bicyclic) bond motifs is 1. The fourth-order valence-electron chi connectivity index (χ4n) is 4.14. The van der Waals surface area contributed by atoms with Crippen LogP contribution in [0.3, 0.4) is 0 Å². The molecule has 0 aromatic heterocycles. The quantitative estimate of drug-likeness (QED) is 0.657. The van der Waals surface area contributed by atoms with E-state index in [9.17, 15) is 9.59 Å². The van der Waals surface area contributed by atoms with Crippen molar-refractivity contribution in [2.45, 2.75) is 63.8 Å². The van der Waals surface area contributed by atoms with E-state index in [0.717, 1.165) is 30.5 Å². The highest BCUT2D eigenvalue weighted by atomic mass is 16.5. The van der Waals surface area contributed by atoms with E-state index in [2.05, 4.69) is 5.32 Å². The van der Waals surface area contributed by atoms with Crippen LogP contribution in [0.5, 0.6) is 5.75 Å². The summed E-state index contributed by atoms with van der Waals surface area (Å²) in [6.07, 6.45) is 8.27. The molecular weight excluding hydrogens is 356 g/mol. The molecule has 3 rings (SSSR count). The van der Waals surface area contributed by atoms with Gasteiger partial charge in [-0.05, 0) is 37.3 Å². The van der Waals surface area contributed by atoms with Gasteiger partial charge in [-0.25, -0.2) is 0 Å². The molecule has 2 aliphatic rings. The fraction of sp³-hybridized carbons (Fsp3) is 0.636. The van der Waals surface area contributed by atoms with Gasteiger partial charge >= 0.3 is 0 Å². The van der Waals surface area contributed by atoms with Crippen molar-refractivity contribution < 1.29 is 19.1 Å². The number of ether oxygens (including phenoxy) is 2. The van der Waals surface area contributed by atoms with Gasteiger partial charge in [-0.1, -0.05) is 31.4 Å². The number of carbonyl (C=O) groups is 2. The topological polar surface area (TPSA) is 67.9 Å². The molecular formula is C22H32N2O4.